The maximum Gasteiger partial charge on any atom is 0.410 e. The van der Waals surface area contributed by atoms with Gasteiger partial charge in [-0.2, -0.15) is 0 Å². The molecule has 3 aromatic rings. The zero-order valence-electron chi connectivity index (χ0n) is 26.1. The standard InChI is InChI=1S/C35H46N4O4/c1-35(2,3)43-34(42)39-22-20-37(31(25-39)26-13-7-5-8-14-26)19-21-38(33(41)27-15-9-6-10-16-27)24-29-23-28-17-11-12-18-30(28)36(4)32(29)40/h5,7-8,11-14,17-18,23,27,31H,6,9-10,15-16,19-22,24-25H2,1-4H3. The van der Waals surface area contributed by atoms with Gasteiger partial charge in [-0.1, -0.05) is 67.8 Å². The molecular weight excluding hydrogens is 540 g/mol. The van der Waals surface area contributed by atoms with Crippen LogP contribution in [0.3, 0.4) is 0 Å². The first-order chi connectivity index (χ1) is 20.6. The molecule has 230 valence electrons. The van der Waals surface area contributed by atoms with Crippen LogP contribution >= 0.6 is 0 Å². The van der Waals surface area contributed by atoms with Crippen molar-refractivity contribution in [3.05, 3.63) is 82.1 Å². The third kappa shape index (κ3) is 7.47. The molecule has 1 saturated carbocycles. The van der Waals surface area contributed by atoms with E-state index in [2.05, 4.69) is 17.0 Å². The van der Waals surface area contributed by atoms with Gasteiger partial charge < -0.3 is 19.1 Å². The monoisotopic (exact) mass is 586 g/mol. The van der Waals surface area contributed by atoms with Gasteiger partial charge in [-0.25, -0.2) is 4.79 Å². The molecule has 0 N–H and O–H groups in total. The third-order valence-electron chi connectivity index (χ3n) is 8.82. The molecule has 1 saturated heterocycles. The molecule has 1 aliphatic carbocycles. The van der Waals surface area contributed by atoms with Gasteiger partial charge in [0.2, 0.25) is 5.91 Å². The smallest absolute Gasteiger partial charge is 0.410 e. The number of benzene rings is 2. The number of aryl methyl sites for hydroxylation is 1. The number of para-hydroxylation sites is 1. The highest BCUT2D eigenvalue weighted by atomic mass is 16.6. The summed E-state index contributed by atoms with van der Waals surface area (Å²) in [6.45, 7) is 8.85. The number of carbonyl (C=O) groups excluding carboxylic acids is 2. The van der Waals surface area contributed by atoms with Crippen LogP contribution in [-0.4, -0.2) is 69.6 Å². The summed E-state index contributed by atoms with van der Waals surface area (Å²) in [5, 5.41) is 0.993. The number of pyridine rings is 1. The molecule has 2 amide bonds. The number of hydrogen-bond acceptors (Lipinski definition) is 5. The minimum Gasteiger partial charge on any atom is -0.444 e. The van der Waals surface area contributed by atoms with Crippen molar-refractivity contribution in [1.82, 2.24) is 19.3 Å². The van der Waals surface area contributed by atoms with Crippen molar-refractivity contribution >= 4 is 22.9 Å². The molecule has 2 aliphatic rings. The minimum absolute atomic E-state index is 0.00648. The van der Waals surface area contributed by atoms with Crippen LogP contribution in [-0.2, 0) is 23.1 Å². The van der Waals surface area contributed by atoms with Crippen molar-refractivity contribution in [3.8, 4) is 0 Å². The Morgan fingerprint density at radius 1 is 0.953 bits per heavy atom. The number of piperazine rings is 1. The van der Waals surface area contributed by atoms with Crippen molar-refractivity contribution < 1.29 is 14.3 Å². The van der Waals surface area contributed by atoms with Gasteiger partial charge >= 0.3 is 6.09 Å². The summed E-state index contributed by atoms with van der Waals surface area (Å²) in [7, 11) is 1.80. The highest BCUT2D eigenvalue weighted by Crippen LogP contribution is 2.29. The molecule has 2 heterocycles. The van der Waals surface area contributed by atoms with Crippen molar-refractivity contribution in [2.24, 2.45) is 13.0 Å². The molecular formula is C35H46N4O4. The SMILES string of the molecule is Cn1c(=O)c(CN(CCN2CCN(C(=O)OC(C)(C)C)CC2c2ccccc2)C(=O)C2CCCCC2)cc2ccccc21. The van der Waals surface area contributed by atoms with E-state index in [-0.39, 0.29) is 29.5 Å². The Bertz CT molecular complexity index is 1470. The van der Waals surface area contributed by atoms with Crippen LogP contribution in [0.2, 0.25) is 0 Å². The van der Waals surface area contributed by atoms with Crippen LogP contribution in [0.5, 0.6) is 0 Å². The lowest BCUT2D eigenvalue weighted by molar-refractivity contribution is -0.137. The molecule has 0 spiro atoms. The molecule has 2 fully saturated rings. The maximum atomic E-state index is 14.0. The van der Waals surface area contributed by atoms with Crippen molar-refractivity contribution in [2.75, 3.05) is 32.7 Å². The van der Waals surface area contributed by atoms with Crippen LogP contribution in [0.4, 0.5) is 4.79 Å². The van der Waals surface area contributed by atoms with E-state index in [0.29, 0.717) is 44.8 Å². The van der Waals surface area contributed by atoms with Crippen LogP contribution < -0.4 is 5.56 Å². The number of aromatic nitrogens is 1. The highest BCUT2D eigenvalue weighted by Gasteiger charge is 2.34. The lowest BCUT2D eigenvalue weighted by atomic mass is 9.88. The summed E-state index contributed by atoms with van der Waals surface area (Å²) in [5.74, 6) is 0.158. The Morgan fingerprint density at radius 3 is 2.37 bits per heavy atom. The molecule has 0 radical (unpaired) electrons. The predicted molar refractivity (Wildman–Crippen MR) is 170 cm³/mol. The Hall–Kier alpha value is -3.65. The topological polar surface area (TPSA) is 75.1 Å². The van der Waals surface area contributed by atoms with E-state index < -0.39 is 5.60 Å². The second-order valence-electron chi connectivity index (χ2n) is 13.1. The summed E-state index contributed by atoms with van der Waals surface area (Å²) >= 11 is 0. The molecule has 2 aromatic carbocycles. The fraction of sp³-hybridized carbons (Fsp3) is 0.514. The molecule has 5 rings (SSSR count). The fourth-order valence-corrected chi connectivity index (χ4v) is 6.50. The molecule has 43 heavy (non-hydrogen) atoms. The number of carbonyl (C=O) groups is 2. The van der Waals surface area contributed by atoms with E-state index in [9.17, 15) is 14.4 Å². The average Bonchev–Trinajstić information content (AvgIpc) is 3.01. The predicted octanol–water partition coefficient (Wildman–Crippen LogP) is 5.74. The van der Waals surface area contributed by atoms with E-state index in [1.807, 2.05) is 74.2 Å². The van der Waals surface area contributed by atoms with Crippen molar-refractivity contribution in [3.63, 3.8) is 0 Å². The third-order valence-corrected chi connectivity index (χ3v) is 8.82. The van der Waals surface area contributed by atoms with Gasteiger partial charge in [-0.05, 0) is 56.7 Å². The zero-order chi connectivity index (χ0) is 30.6. The summed E-state index contributed by atoms with van der Waals surface area (Å²) < 4.78 is 7.38. The van der Waals surface area contributed by atoms with E-state index in [1.54, 1.807) is 16.5 Å². The highest BCUT2D eigenvalue weighted by molar-refractivity contribution is 5.81. The summed E-state index contributed by atoms with van der Waals surface area (Å²) in [6, 6.07) is 20.0. The van der Waals surface area contributed by atoms with Crippen LogP contribution in [0, 0.1) is 5.92 Å². The van der Waals surface area contributed by atoms with E-state index in [1.165, 1.54) is 6.42 Å². The largest absolute Gasteiger partial charge is 0.444 e. The maximum absolute atomic E-state index is 14.0. The Balaban J connectivity index is 1.38. The van der Waals surface area contributed by atoms with Gasteiger partial charge in [0.15, 0.2) is 0 Å². The summed E-state index contributed by atoms with van der Waals surface area (Å²) in [4.78, 5) is 46.5. The van der Waals surface area contributed by atoms with Gasteiger partial charge in [-0.15, -0.1) is 0 Å². The molecule has 8 heteroatoms. The normalized spacial score (nSPS) is 18.5. The van der Waals surface area contributed by atoms with Crippen LogP contribution in [0.25, 0.3) is 10.9 Å². The molecule has 1 atom stereocenters. The Morgan fingerprint density at radius 2 is 1.65 bits per heavy atom. The number of fused-ring (bicyclic) bond motifs is 1. The number of ether oxygens (including phenoxy) is 1. The Kier molecular flexibility index (Phi) is 9.55. The van der Waals surface area contributed by atoms with E-state index in [0.717, 1.165) is 42.1 Å². The van der Waals surface area contributed by atoms with E-state index in [4.69, 9.17) is 4.74 Å². The molecule has 1 unspecified atom stereocenters. The van der Waals surface area contributed by atoms with Gasteiger partial charge in [0.05, 0.1) is 18.1 Å². The van der Waals surface area contributed by atoms with Gasteiger partial charge in [0.25, 0.3) is 5.56 Å². The second-order valence-corrected chi connectivity index (χ2v) is 13.1. The van der Waals surface area contributed by atoms with Gasteiger partial charge in [-0.3, -0.25) is 14.5 Å². The lowest BCUT2D eigenvalue weighted by Gasteiger charge is -2.42. The first kappa shape index (κ1) is 30.8. The molecule has 1 aliphatic heterocycles. The first-order valence-corrected chi connectivity index (χ1v) is 15.7. The van der Waals surface area contributed by atoms with Gasteiger partial charge in [0.1, 0.15) is 5.60 Å². The molecule has 8 nitrogen and oxygen atoms in total. The van der Waals surface area contributed by atoms with E-state index >= 15 is 0 Å². The molecule has 1 aromatic heterocycles. The quantitative estimate of drug-likeness (QED) is 0.353. The summed E-state index contributed by atoms with van der Waals surface area (Å²) in [5.41, 5.74) is 2.03. The first-order valence-electron chi connectivity index (χ1n) is 15.7. The fourth-order valence-electron chi connectivity index (χ4n) is 6.50. The zero-order valence-corrected chi connectivity index (χ0v) is 26.1. The lowest BCUT2D eigenvalue weighted by Crippen LogP contribution is -2.53. The van der Waals surface area contributed by atoms with Gasteiger partial charge in [0, 0.05) is 51.3 Å². The minimum atomic E-state index is -0.559. The number of hydrogen-bond donors (Lipinski definition) is 0. The van der Waals surface area contributed by atoms with Crippen LogP contribution in [0.1, 0.15) is 70.0 Å². The number of nitrogens with zero attached hydrogens (tertiary/aromatic N) is 4. The van der Waals surface area contributed by atoms with Crippen molar-refractivity contribution in [2.45, 2.75) is 71.1 Å². The second kappa shape index (κ2) is 13.3. The summed E-state index contributed by atoms with van der Waals surface area (Å²) in [6.07, 6.45) is 4.85. The Labute approximate surface area is 255 Å². The molecule has 0 bridgehead atoms. The average molecular weight is 587 g/mol. The van der Waals surface area contributed by atoms with Crippen LogP contribution in [0.15, 0.2) is 65.5 Å². The van der Waals surface area contributed by atoms with Crippen molar-refractivity contribution in [1.29, 1.82) is 0 Å². The number of rotatable bonds is 7. The number of amides is 2.